The minimum atomic E-state index is -3.34. The maximum Gasteiger partial charge on any atom is 0.256 e. The molecule has 2 fully saturated rings. The summed E-state index contributed by atoms with van der Waals surface area (Å²) < 4.78 is 30.4. The van der Waals surface area contributed by atoms with Crippen molar-refractivity contribution in [3.63, 3.8) is 0 Å². The van der Waals surface area contributed by atoms with Gasteiger partial charge in [0.05, 0.1) is 11.5 Å². The highest BCUT2D eigenvalue weighted by Gasteiger charge is 2.32. The van der Waals surface area contributed by atoms with Crippen molar-refractivity contribution in [1.29, 1.82) is 0 Å². The second kappa shape index (κ2) is 9.91. The SMILES string of the molecule is CN1CCN(c2cc(S(C)(=O)=O)ccc2CC2OCCN(c3ccc(C(C)(C)C)cc3)C2=O)CC1. The van der Waals surface area contributed by atoms with E-state index in [1.807, 2.05) is 18.2 Å². The summed E-state index contributed by atoms with van der Waals surface area (Å²) in [6.07, 6.45) is 1.02. The van der Waals surface area contributed by atoms with E-state index in [9.17, 15) is 13.2 Å². The van der Waals surface area contributed by atoms with E-state index >= 15 is 0 Å². The van der Waals surface area contributed by atoms with Crippen LogP contribution in [0.5, 0.6) is 0 Å². The number of benzene rings is 2. The van der Waals surface area contributed by atoms with E-state index in [0.717, 1.165) is 43.1 Å². The van der Waals surface area contributed by atoms with E-state index < -0.39 is 15.9 Å². The van der Waals surface area contributed by atoms with Crippen LogP contribution < -0.4 is 9.80 Å². The van der Waals surface area contributed by atoms with Crippen molar-refractivity contribution in [2.45, 2.75) is 43.6 Å². The number of sulfone groups is 1. The molecule has 190 valence electrons. The highest BCUT2D eigenvalue weighted by molar-refractivity contribution is 7.90. The van der Waals surface area contributed by atoms with Gasteiger partial charge in [0.2, 0.25) is 0 Å². The number of anilines is 2. The maximum atomic E-state index is 13.5. The predicted octanol–water partition coefficient (Wildman–Crippen LogP) is 3.11. The molecule has 2 aliphatic rings. The molecular formula is C27H37N3O4S. The molecule has 7 nitrogen and oxygen atoms in total. The first-order valence-corrected chi connectivity index (χ1v) is 14.1. The van der Waals surface area contributed by atoms with Gasteiger partial charge in [0.25, 0.3) is 5.91 Å². The molecule has 0 saturated carbocycles. The van der Waals surface area contributed by atoms with Gasteiger partial charge in [0, 0.05) is 56.8 Å². The van der Waals surface area contributed by atoms with Crippen LogP contribution in [0.4, 0.5) is 11.4 Å². The lowest BCUT2D eigenvalue weighted by molar-refractivity contribution is -0.133. The highest BCUT2D eigenvalue weighted by Crippen LogP contribution is 2.30. The van der Waals surface area contributed by atoms with E-state index in [0.29, 0.717) is 24.5 Å². The van der Waals surface area contributed by atoms with Crippen molar-refractivity contribution < 1.29 is 17.9 Å². The van der Waals surface area contributed by atoms with Crippen LogP contribution in [0, 0.1) is 0 Å². The summed E-state index contributed by atoms with van der Waals surface area (Å²) in [5, 5.41) is 0. The van der Waals surface area contributed by atoms with E-state index in [4.69, 9.17) is 4.74 Å². The van der Waals surface area contributed by atoms with Gasteiger partial charge in [0.1, 0.15) is 6.10 Å². The molecule has 0 N–H and O–H groups in total. The normalized spacial score (nSPS) is 20.4. The third-order valence-corrected chi connectivity index (χ3v) is 8.06. The van der Waals surface area contributed by atoms with E-state index in [2.05, 4.69) is 49.8 Å². The fourth-order valence-corrected chi connectivity index (χ4v) is 5.31. The Morgan fingerprint density at radius 1 is 0.971 bits per heavy atom. The fraction of sp³-hybridized carbons (Fsp3) is 0.519. The minimum absolute atomic E-state index is 0.0495. The van der Waals surface area contributed by atoms with Gasteiger partial charge in [-0.1, -0.05) is 39.0 Å². The Hall–Kier alpha value is -2.42. The molecule has 4 rings (SSSR count). The number of hydrogen-bond donors (Lipinski definition) is 0. The van der Waals surface area contributed by atoms with Gasteiger partial charge in [-0.15, -0.1) is 0 Å². The lowest BCUT2D eigenvalue weighted by atomic mass is 9.87. The van der Waals surface area contributed by atoms with Crippen LogP contribution in [0.15, 0.2) is 47.4 Å². The number of amides is 1. The molecule has 35 heavy (non-hydrogen) atoms. The largest absolute Gasteiger partial charge is 0.369 e. The first-order valence-electron chi connectivity index (χ1n) is 12.2. The van der Waals surface area contributed by atoms with Crippen molar-refractivity contribution in [2.24, 2.45) is 0 Å². The van der Waals surface area contributed by atoms with Crippen LogP contribution >= 0.6 is 0 Å². The number of rotatable bonds is 5. The van der Waals surface area contributed by atoms with Gasteiger partial charge >= 0.3 is 0 Å². The van der Waals surface area contributed by atoms with Gasteiger partial charge in [0.15, 0.2) is 9.84 Å². The number of piperazine rings is 1. The number of carbonyl (C=O) groups is 1. The Kier molecular flexibility index (Phi) is 7.27. The van der Waals surface area contributed by atoms with Crippen molar-refractivity contribution in [2.75, 3.05) is 62.4 Å². The zero-order valence-corrected chi connectivity index (χ0v) is 22.3. The minimum Gasteiger partial charge on any atom is -0.369 e. The number of carbonyl (C=O) groups excluding carboxylic acids is 1. The molecule has 1 unspecified atom stereocenters. The molecule has 2 saturated heterocycles. The van der Waals surface area contributed by atoms with E-state index in [1.54, 1.807) is 17.0 Å². The second-order valence-corrected chi connectivity index (χ2v) is 12.7. The van der Waals surface area contributed by atoms with Crippen LogP contribution in [-0.2, 0) is 31.2 Å². The van der Waals surface area contributed by atoms with Crippen LogP contribution in [0.2, 0.25) is 0 Å². The lowest BCUT2D eigenvalue weighted by Crippen LogP contribution is -2.49. The first kappa shape index (κ1) is 25.7. The van der Waals surface area contributed by atoms with Gasteiger partial charge < -0.3 is 19.4 Å². The maximum absolute atomic E-state index is 13.5. The molecule has 2 heterocycles. The standard InChI is InChI=1S/C27H37N3O4S/c1-27(2,3)21-7-9-22(10-8-21)30-16-17-34-25(26(30)31)18-20-6-11-23(35(5,32)33)19-24(20)29-14-12-28(4)13-15-29/h6-11,19,25H,12-18H2,1-5H3. The quantitative estimate of drug-likeness (QED) is 0.630. The van der Waals surface area contributed by atoms with Gasteiger partial charge in [-0.25, -0.2) is 8.42 Å². The summed E-state index contributed by atoms with van der Waals surface area (Å²) >= 11 is 0. The summed E-state index contributed by atoms with van der Waals surface area (Å²) in [5.74, 6) is -0.0590. The summed E-state index contributed by atoms with van der Waals surface area (Å²) in [4.78, 5) is 20.0. The molecule has 1 atom stereocenters. The average molecular weight is 500 g/mol. The van der Waals surface area contributed by atoms with Crippen LogP contribution in [-0.4, -0.2) is 78.0 Å². The molecule has 0 radical (unpaired) electrons. The number of hydrogen-bond acceptors (Lipinski definition) is 6. The van der Waals surface area contributed by atoms with Gasteiger partial charge in [-0.2, -0.15) is 0 Å². The van der Waals surface area contributed by atoms with Crippen LogP contribution in [0.25, 0.3) is 0 Å². The van der Waals surface area contributed by atoms with Crippen LogP contribution in [0.3, 0.4) is 0 Å². The predicted molar refractivity (Wildman–Crippen MR) is 140 cm³/mol. The molecule has 2 aromatic rings. The summed E-state index contributed by atoms with van der Waals surface area (Å²) in [6.45, 7) is 10.9. The highest BCUT2D eigenvalue weighted by atomic mass is 32.2. The number of likely N-dealkylation sites (N-methyl/N-ethyl adjacent to an activating group) is 1. The molecule has 0 bridgehead atoms. The molecule has 2 aliphatic heterocycles. The lowest BCUT2D eigenvalue weighted by Gasteiger charge is -2.37. The zero-order chi connectivity index (χ0) is 25.4. The zero-order valence-electron chi connectivity index (χ0n) is 21.5. The monoisotopic (exact) mass is 499 g/mol. The van der Waals surface area contributed by atoms with Crippen molar-refractivity contribution in [3.8, 4) is 0 Å². The summed E-state index contributed by atoms with van der Waals surface area (Å²) in [7, 11) is -1.25. The van der Waals surface area contributed by atoms with Crippen molar-refractivity contribution >= 4 is 27.1 Å². The third kappa shape index (κ3) is 5.88. The molecule has 1 amide bonds. The Labute approximate surface area is 209 Å². The first-order chi connectivity index (χ1) is 16.4. The molecule has 0 aliphatic carbocycles. The summed E-state index contributed by atoms with van der Waals surface area (Å²) in [6, 6.07) is 13.4. The van der Waals surface area contributed by atoms with Crippen LogP contribution in [0.1, 0.15) is 31.9 Å². The average Bonchev–Trinajstić information content (AvgIpc) is 2.80. The second-order valence-electron chi connectivity index (χ2n) is 10.7. The van der Waals surface area contributed by atoms with Gasteiger partial charge in [-0.3, -0.25) is 4.79 Å². The van der Waals surface area contributed by atoms with Crippen molar-refractivity contribution in [1.82, 2.24) is 4.90 Å². The van der Waals surface area contributed by atoms with E-state index in [1.165, 1.54) is 11.8 Å². The molecule has 2 aromatic carbocycles. The smallest absolute Gasteiger partial charge is 0.256 e. The number of ether oxygens (including phenoxy) is 1. The van der Waals surface area contributed by atoms with Crippen molar-refractivity contribution in [3.05, 3.63) is 53.6 Å². The number of morpholine rings is 1. The summed E-state index contributed by atoms with van der Waals surface area (Å²) in [5.41, 5.74) is 3.96. The van der Waals surface area contributed by atoms with Gasteiger partial charge in [-0.05, 0) is 47.9 Å². The fourth-order valence-electron chi connectivity index (χ4n) is 4.67. The Morgan fingerprint density at radius 3 is 2.23 bits per heavy atom. The third-order valence-electron chi connectivity index (χ3n) is 6.95. The Balaban J connectivity index is 1.58. The number of nitrogens with zero attached hydrogens (tertiary/aromatic N) is 3. The molecule has 8 heteroatoms. The topological polar surface area (TPSA) is 70.2 Å². The molecular weight excluding hydrogens is 462 g/mol. The molecule has 0 aromatic heterocycles. The Morgan fingerprint density at radius 2 is 1.63 bits per heavy atom. The Bertz CT molecular complexity index is 1160. The van der Waals surface area contributed by atoms with E-state index in [-0.39, 0.29) is 11.3 Å². The molecule has 0 spiro atoms.